The van der Waals surface area contributed by atoms with Crippen molar-refractivity contribution in [2.45, 2.75) is 64.2 Å². The van der Waals surface area contributed by atoms with E-state index in [4.69, 9.17) is 0 Å². The highest BCUT2D eigenvalue weighted by molar-refractivity contribution is 5.98. The molecular formula is C24H30N4O2. The molecule has 0 saturated heterocycles. The number of H-pyrrole nitrogens is 1. The van der Waals surface area contributed by atoms with Gasteiger partial charge in [0, 0.05) is 48.3 Å². The third kappa shape index (κ3) is 3.75. The number of carbonyl (C=O) groups excluding carboxylic acids is 2. The molecule has 2 aromatic rings. The number of aryl methyl sites for hydroxylation is 1. The van der Waals surface area contributed by atoms with Crippen molar-refractivity contribution in [1.29, 1.82) is 0 Å². The molecule has 0 spiro atoms. The first-order valence-corrected chi connectivity index (χ1v) is 11.4. The number of fused-ring (bicyclic) bond motifs is 1. The zero-order chi connectivity index (χ0) is 20.7. The summed E-state index contributed by atoms with van der Waals surface area (Å²) in [7, 11) is 0. The summed E-state index contributed by atoms with van der Waals surface area (Å²) >= 11 is 0. The van der Waals surface area contributed by atoms with Crippen LogP contribution in [0, 0.1) is 12.8 Å². The fourth-order valence-electron chi connectivity index (χ4n) is 4.90. The summed E-state index contributed by atoms with van der Waals surface area (Å²) in [5.41, 5.74) is 6.16. The molecule has 2 heterocycles. The second-order valence-electron chi connectivity index (χ2n) is 9.13. The molecule has 0 atom stereocenters. The summed E-state index contributed by atoms with van der Waals surface area (Å²) in [5, 5.41) is 10.8. The number of nitrogens with zero attached hydrogens (tertiary/aromatic N) is 2. The predicted octanol–water partition coefficient (Wildman–Crippen LogP) is 3.97. The quantitative estimate of drug-likeness (QED) is 0.807. The van der Waals surface area contributed by atoms with Crippen LogP contribution in [0.15, 0.2) is 18.2 Å². The van der Waals surface area contributed by atoms with Crippen LogP contribution in [0.5, 0.6) is 0 Å². The number of benzene rings is 1. The van der Waals surface area contributed by atoms with Crippen molar-refractivity contribution in [2.24, 2.45) is 5.92 Å². The number of carbonyl (C=O) groups is 2. The van der Waals surface area contributed by atoms with Gasteiger partial charge in [0.05, 0.1) is 5.69 Å². The summed E-state index contributed by atoms with van der Waals surface area (Å²) in [4.78, 5) is 27.8. The summed E-state index contributed by atoms with van der Waals surface area (Å²) in [6, 6.07) is 5.67. The third-order valence-electron chi connectivity index (χ3n) is 6.97. The first-order chi connectivity index (χ1) is 14.6. The topological polar surface area (TPSA) is 78.1 Å². The molecule has 2 N–H and O–H groups in total. The second kappa shape index (κ2) is 7.89. The first kappa shape index (κ1) is 19.3. The minimum Gasteiger partial charge on any atom is -0.338 e. The minimum atomic E-state index is 0.0393. The summed E-state index contributed by atoms with van der Waals surface area (Å²) < 4.78 is 0. The van der Waals surface area contributed by atoms with Crippen LogP contribution in [0.3, 0.4) is 0 Å². The van der Waals surface area contributed by atoms with Crippen molar-refractivity contribution in [3.05, 3.63) is 46.3 Å². The van der Waals surface area contributed by atoms with Crippen LogP contribution in [0.1, 0.15) is 77.3 Å². The molecule has 0 bridgehead atoms. The fraction of sp³-hybridized carbons (Fsp3) is 0.542. The lowest BCUT2D eigenvalue weighted by Crippen LogP contribution is -2.33. The molecule has 2 saturated carbocycles. The Morgan fingerprint density at radius 1 is 1.10 bits per heavy atom. The number of amides is 2. The van der Waals surface area contributed by atoms with E-state index in [9.17, 15) is 9.59 Å². The molecule has 6 nitrogen and oxygen atoms in total. The molecule has 158 valence electrons. The van der Waals surface area contributed by atoms with E-state index < -0.39 is 0 Å². The maximum Gasteiger partial charge on any atom is 0.253 e. The number of nitrogens with one attached hydrogen (secondary N) is 2. The standard InChI is InChI=1S/C24H30N4O2/c1-15-6-7-18(14-21(15)25-23(29)17-4-2-3-5-17)24(30)28-12-10-19-20(11-13-28)26-27-22(19)16-8-9-16/h6-7,14,16-17H,2-5,8-13H2,1H3,(H,25,29)(H,26,27). The van der Waals surface area contributed by atoms with Crippen molar-refractivity contribution >= 4 is 17.5 Å². The van der Waals surface area contributed by atoms with Gasteiger partial charge in [0.15, 0.2) is 0 Å². The SMILES string of the molecule is Cc1ccc(C(=O)N2CCc3[nH]nc(C4CC4)c3CC2)cc1NC(=O)C1CCCC1. The van der Waals surface area contributed by atoms with Crippen LogP contribution in [-0.2, 0) is 17.6 Å². The lowest BCUT2D eigenvalue weighted by molar-refractivity contribution is -0.119. The Morgan fingerprint density at radius 2 is 1.87 bits per heavy atom. The number of anilines is 1. The van der Waals surface area contributed by atoms with E-state index in [0.29, 0.717) is 24.6 Å². The molecule has 2 fully saturated rings. The van der Waals surface area contributed by atoms with Gasteiger partial charge in [-0.3, -0.25) is 14.7 Å². The van der Waals surface area contributed by atoms with E-state index in [0.717, 1.165) is 49.8 Å². The van der Waals surface area contributed by atoms with E-state index in [-0.39, 0.29) is 17.7 Å². The van der Waals surface area contributed by atoms with Crippen molar-refractivity contribution in [2.75, 3.05) is 18.4 Å². The van der Waals surface area contributed by atoms with Gasteiger partial charge in [0.2, 0.25) is 5.91 Å². The van der Waals surface area contributed by atoms with Crippen molar-refractivity contribution < 1.29 is 9.59 Å². The Balaban J connectivity index is 1.29. The monoisotopic (exact) mass is 406 g/mol. The zero-order valence-corrected chi connectivity index (χ0v) is 17.7. The van der Waals surface area contributed by atoms with Gasteiger partial charge in [-0.1, -0.05) is 18.9 Å². The van der Waals surface area contributed by atoms with Gasteiger partial charge in [-0.2, -0.15) is 5.10 Å². The van der Waals surface area contributed by atoms with Gasteiger partial charge in [0.1, 0.15) is 0 Å². The molecule has 5 rings (SSSR count). The molecule has 0 radical (unpaired) electrons. The molecular weight excluding hydrogens is 376 g/mol. The highest BCUT2D eigenvalue weighted by Gasteiger charge is 2.32. The summed E-state index contributed by atoms with van der Waals surface area (Å²) in [6.07, 6.45) is 8.34. The van der Waals surface area contributed by atoms with Gasteiger partial charge >= 0.3 is 0 Å². The number of rotatable bonds is 4. The smallest absolute Gasteiger partial charge is 0.253 e. The van der Waals surface area contributed by atoms with E-state index in [1.165, 1.54) is 29.8 Å². The third-order valence-corrected chi connectivity index (χ3v) is 6.97. The normalized spacial score (nSPS) is 19.4. The molecule has 2 aliphatic carbocycles. The second-order valence-corrected chi connectivity index (χ2v) is 9.13. The molecule has 1 aliphatic heterocycles. The lowest BCUT2D eigenvalue weighted by atomic mass is 10.1. The maximum atomic E-state index is 13.2. The van der Waals surface area contributed by atoms with Gasteiger partial charge in [-0.15, -0.1) is 0 Å². The summed E-state index contributed by atoms with van der Waals surface area (Å²) in [6.45, 7) is 3.38. The molecule has 1 aromatic carbocycles. The Bertz CT molecular complexity index is 970. The molecule has 30 heavy (non-hydrogen) atoms. The minimum absolute atomic E-state index is 0.0393. The van der Waals surface area contributed by atoms with Crippen LogP contribution < -0.4 is 5.32 Å². The van der Waals surface area contributed by atoms with Crippen LogP contribution in [0.25, 0.3) is 0 Å². The fourth-order valence-corrected chi connectivity index (χ4v) is 4.90. The lowest BCUT2D eigenvalue weighted by Gasteiger charge is -2.21. The van der Waals surface area contributed by atoms with Crippen LogP contribution in [0.2, 0.25) is 0 Å². The highest BCUT2D eigenvalue weighted by Crippen LogP contribution is 2.41. The molecule has 1 aromatic heterocycles. The van der Waals surface area contributed by atoms with E-state index in [1.54, 1.807) is 0 Å². The Labute approximate surface area is 177 Å². The van der Waals surface area contributed by atoms with Crippen LogP contribution >= 0.6 is 0 Å². The molecule has 3 aliphatic rings. The van der Waals surface area contributed by atoms with Gasteiger partial charge < -0.3 is 10.2 Å². The maximum absolute atomic E-state index is 13.2. The number of hydrogen-bond donors (Lipinski definition) is 2. The van der Waals surface area contributed by atoms with E-state index in [1.807, 2.05) is 30.0 Å². The Morgan fingerprint density at radius 3 is 2.63 bits per heavy atom. The van der Waals surface area contributed by atoms with Crippen molar-refractivity contribution in [1.82, 2.24) is 15.1 Å². The van der Waals surface area contributed by atoms with Gasteiger partial charge in [0.25, 0.3) is 5.91 Å². The average molecular weight is 407 g/mol. The van der Waals surface area contributed by atoms with Crippen LogP contribution in [0.4, 0.5) is 5.69 Å². The number of aromatic amines is 1. The number of aromatic nitrogens is 2. The molecule has 2 amide bonds. The number of hydrogen-bond acceptors (Lipinski definition) is 3. The Hall–Kier alpha value is -2.63. The van der Waals surface area contributed by atoms with Gasteiger partial charge in [-0.25, -0.2) is 0 Å². The Kier molecular flexibility index (Phi) is 5.09. The largest absolute Gasteiger partial charge is 0.338 e. The van der Waals surface area contributed by atoms with E-state index in [2.05, 4.69) is 15.5 Å². The predicted molar refractivity (Wildman–Crippen MR) is 116 cm³/mol. The van der Waals surface area contributed by atoms with Crippen molar-refractivity contribution in [3.8, 4) is 0 Å². The average Bonchev–Trinajstić information content (AvgIpc) is 3.35. The first-order valence-electron chi connectivity index (χ1n) is 11.4. The van der Waals surface area contributed by atoms with Crippen molar-refractivity contribution in [3.63, 3.8) is 0 Å². The zero-order valence-electron chi connectivity index (χ0n) is 17.7. The molecule has 6 heteroatoms. The van der Waals surface area contributed by atoms with Crippen LogP contribution in [-0.4, -0.2) is 40.0 Å². The summed E-state index contributed by atoms with van der Waals surface area (Å²) in [5.74, 6) is 0.860. The van der Waals surface area contributed by atoms with Gasteiger partial charge in [-0.05, 0) is 62.3 Å². The van der Waals surface area contributed by atoms with E-state index >= 15 is 0 Å². The molecule has 0 unspecified atom stereocenters. The highest BCUT2D eigenvalue weighted by atomic mass is 16.2.